The van der Waals surface area contributed by atoms with Gasteiger partial charge < -0.3 is 44.0 Å². The first-order valence-corrected chi connectivity index (χ1v) is 11.4. The molecule has 0 aliphatic heterocycles. The van der Waals surface area contributed by atoms with Crippen LogP contribution in [0.3, 0.4) is 0 Å². The molecular formula is C19H37N7O6S. The summed E-state index contributed by atoms with van der Waals surface area (Å²) in [4.78, 5) is 60.0. The van der Waals surface area contributed by atoms with Crippen LogP contribution in [0, 0.1) is 0 Å². The highest BCUT2D eigenvalue weighted by molar-refractivity contribution is 7.80. The molecule has 14 heteroatoms. The monoisotopic (exact) mass is 491 g/mol. The van der Waals surface area contributed by atoms with E-state index in [1.54, 1.807) is 0 Å². The Morgan fingerprint density at radius 3 is 1.73 bits per heavy atom. The van der Waals surface area contributed by atoms with Crippen molar-refractivity contribution in [1.82, 2.24) is 16.0 Å². The Morgan fingerprint density at radius 1 is 0.758 bits per heavy atom. The molecule has 0 saturated heterocycles. The highest BCUT2D eigenvalue weighted by Crippen LogP contribution is 2.05. The zero-order valence-corrected chi connectivity index (χ0v) is 19.5. The van der Waals surface area contributed by atoms with E-state index in [9.17, 15) is 29.1 Å². The number of nitrogens with one attached hydrogen (secondary N) is 3. The third-order valence-electron chi connectivity index (χ3n) is 4.72. The van der Waals surface area contributed by atoms with Crippen LogP contribution in [-0.2, 0) is 24.0 Å². The first-order valence-electron chi connectivity index (χ1n) is 10.8. The van der Waals surface area contributed by atoms with Gasteiger partial charge >= 0.3 is 5.97 Å². The fourth-order valence-corrected chi connectivity index (χ4v) is 3.08. The lowest BCUT2D eigenvalue weighted by atomic mass is 10.1. The number of thiol groups is 1. The summed E-state index contributed by atoms with van der Waals surface area (Å²) in [6, 6.07) is -4.58. The van der Waals surface area contributed by atoms with E-state index in [4.69, 9.17) is 22.9 Å². The highest BCUT2D eigenvalue weighted by Gasteiger charge is 2.30. The molecule has 4 atom stereocenters. The van der Waals surface area contributed by atoms with E-state index in [0.29, 0.717) is 45.2 Å². The van der Waals surface area contributed by atoms with Crippen molar-refractivity contribution >= 4 is 42.2 Å². The zero-order chi connectivity index (χ0) is 25.4. The molecule has 4 unspecified atom stereocenters. The van der Waals surface area contributed by atoms with E-state index < -0.39 is 60.2 Å². The largest absolute Gasteiger partial charge is 0.480 e. The number of primary amides is 1. The molecule has 33 heavy (non-hydrogen) atoms. The number of rotatable bonds is 18. The second-order valence-corrected chi connectivity index (χ2v) is 7.92. The molecule has 0 aliphatic carbocycles. The van der Waals surface area contributed by atoms with Crippen molar-refractivity contribution in [2.24, 2.45) is 22.9 Å². The first-order chi connectivity index (χ1) is 15.6. The lowest BCUT2D eigenvalue weighted by Crippen LogP contribution is -2.57. The summed E-state index contributed by atoms with van der Waals surface area (Å²) in [6.07, 6.45) is 2.34. The molecule has 0 aromatic rings. The molecule has 190 valence electrons. The molecule has 0 rings (SSSR count). The SMILES string of the molecule is NCCCCC(N)C(=O)NC(CS)C(=O)NC(CCCCN)C(=O)NC(CC(N)=O)C(=O)O. The normalized spacial score (nSPS) is 14.4. The van der Waals surface area contributed by atoms with Gasteiger partial charge in [-0.15, -0.1) is 0 Å². The highest BCUT2D eigenvalue weighted by atomic mass is 32.1. The maximum atomic E-state index is 12.7. The Balaban J connectivity index is 5.21. The van der Waals surface area contributed by atoms with Gasteiger partial charge in [0.05, 0.1) is 12.5 Å². The summed E-state index contributed by atoms with van der Waals surface area (Å²) in [5.41, 5.74) is 21.8. The van der Waals surface area contributed by atoms with Crippen molar-refractivity contribution in [3.63, 3.8) is 0 Å². The van der Waals surface area contributed by atoms with Gasteiger partial charge in [-0.3, -0.25) is 19.2 Å². The quantitative estimate of drug-likeness (QED) is 0.0695. The van der Waals surface area contributed by atoms with Gasteiger partial charge in [0.1, 0.15) is 18.1 Å². The molecule has 0 aliphatic rings. The van der Waals surface area contributed by atoms with Gasteiger partial charge in [0.15, 0.2) is 0 Å². The van der Waals surface area contributed by atoms with Gasteiger partial charge in [-0.1, -0.05) is 6.42 Å². The molecular weight excluding hydrogens is 454 g/mol. The predicted octanol–water partition coefficient (Wildman–Crippen LogP) is -3.08. The smallest absolute Gasteiger partial charge is 0.326 e. The molecule has 4 amide bonds. The van der Waals surface area contributed by atoms with Gasteiger partial charge in [-0.05, 0) is 45.2 Å². The van der Waals surface area contributed by atoms with Crippen molar-refractivity contribution in [3.05, 3.63) is 0 Å². The summed E-state index contributed by atoms with van der Waals surface area (Å²) in [7, 11) is 0. The minimum absolute atomic E-state index is 0.0658. The van der Waals surface area contributed by atoms with Crippen LogP contribution in [0.5, 0.6) is 0 Å². The Labute approximate surface area is 198 Å². The second-order valence-electron chi connectivity index (χ2n) is 7.55. The van der Waals surface area contributed by atoms with Crippen molar-refractivity contribution < 1.29 is 29.1 Å². The fraction of sp³-hybridized carbons (Fsp3) is 0.737. The van der Waals surface area contributed by atoms with Crippen LogP contribution in [0.1, 0.15) is 44.9 Å². The van der Waals surface area contributed by atoms with Crippen molar-refractivity contribution in [2.45, 2.75) is 69.1 Å². The molecule has 0 spiro atoms. The second kappa shape index (κ2) is 17.1. The number of carboxylic acids is 1. The van der Waals surface area contributed by atoms with Gasteiger partial charge in [0.25, 0.3) is 0 Å². The van der Waals surface area contributed by atoms with Crippen molar-refractivity contribution in [3.8, 4) is 0 Å². The molecule has 0 saturated carbocycles. The molecule has 12 N–H and O–H groups in total. The molecule has 0 aromatic heterocycles. The molecule has 0 fully saturated rings. The Bertz CT molecular complexity index is 667. The van der Waals surface area contributed by atoms with E-state index in [1.165, 1.54) is 0 Å². The molecule has 0 heterocycles. The van der Waals surface area contributed by atoms with Gasteiger partial charge in [-0.25, -0.2) is 4.79 Å². The third kappa shape index (κ3) is 13.0. The van der Waals surface area contributed by atoms with Gasteiger partial charge in [0, 0.05) is 5.75 Å². The number of hydrogen-bond acceptors (Lipinski definition) is 9. The molecule has 13 nitrogen and oxygen atoms in total. The number of hydrogen-bond donors (Lipinski definition) is 9. The van der Waals surface area contributed by atoms with E-state index in [2.05, 4.69) is 28.6 Å². The predicted molar refractivity (Wildman–Crippen MR) is 125 cm³/mol. The average molecular weight is 492 g/mol. The third-order valence-corrected chi connectivity index (χ3v) is 5.09. The van der Waals surface area contributed by atoms with E-state index in [-0.39, 0.29) is 12.2 Å². The Kier molecular flexibility index (Phi) is 15.9. The number of nitrogens with two attached hydrogens (primary N) is 4. The number of unbranched alkanes of at least 4 members (excludes halogenated alkanes) is 2. The number of aliphatic carboxylic acids is 1. The summed E-state index contributed by atoms with van der Waals surface area (Å²) in [6.45, 7) is 0.838. The van der Waals surface area contributed by atoms with E-state index in [1.807, 2.05) is 0 Å². The van der Waals surface area contributed by atoms with Crippen LogP contribution < -0.4 is 38.9 Å². The maximum absolute atomic E-state index is 12.7. The van der Waals surface area contributed by atoms with Crippen LogP contribution >= 0.6 is 12.6 Å². The van der Waals surface area contributed by atoms with Crippen LogP contribution in [0.15, 0.2) is 0 Å². The number of carboxylic acid groups (broad SMARTS) is 1. The lowest BCUT2D eigenvalue weighted by Gasteiger charge is -2.24. The zero-order valence-electron chi connectivity index (χ0n) is 18.6. The number of carbonyl (C=O) groups is 5. The Hall–Kier alpha value is -2.42. The topological polar surface area (TPSA) is 246 Å². The summed E-state index contributed by atoms with van der Waals surface area (Å²) >= 11 is 4.08. The molecule has 0 aromatic carbocycles. The van der Waals surface area contributed by atoms with Crippen LogP contribution in [0.2, 0.25) is 0 Å². The summed E-state index contributed by atoms with van der Waals surface area (Å²) in [5.74, 6) is -4.47. The average Bonchev–Trinajstić information content (AvgIpc) is 2.75. The Morgan fingerprint density at radius 2 is 1.24 bits per heavy atom. The lowest BCUT2D eigenvalue weighted by molar-refractivity contribution is -0.143. The van der Waals surface area contributed by atoms with Crippen LogP contribution in [0.4, 0.5) is 0 Å². The molecule has 0 radical (unpaired) electrons. The van der Waals surface area contributed by atoms with Crippen molar-refractivity contribution in [2.75, 3.05) is 18.8 Å². The standard InChI is InChI=1S/C19H37N7O6S/c20-7-3-1-5-11(22)16(28)26-14(10-33)18(30)24-12(6-2-4-8-21)17(29)25-13(19(31)32)9-15(23)27/h11-14,33H,1-10,20-22H2,(H2,23,27)(H,24,30)(H,25,29)(H,26,28)(H,31,32). The van der Waals surface area contributed by atoms with Crippen molar-refractivity contribution in [1.29, 1.82) is 0 Å². The summed E-state index contributed by atoms with van der Waals surface area (Å²) in [5, 5.41) is 16.4. The first kappa shape index (κ1) is 30.6. The van der Waals surface area contributed by atoms with E-state index >= 15 is 0 Å². The van der Waals surface area contributed by atoms with Gasteiger partial charge in [-0.2, -0.15) is 12.6 Å². The number of amides is 4. The minimum Gasteiger partial charge on any atom is -0.480 e. The maximum Gasteiger partial charge on any atom is 0.326 e. The number of carbonyl (C=O) groups excluding carboxylic acids is 4. The summed E-state index contributed by atoms with van der Waals surface area (Å²) < 4.78 is 0. The van der Waals surface area contributed by atoms with Gasteiger partial charge in [0.2, 0.25) is 23.6 Å². The van der Waals surface area contributed by atoms with E-state index in [0.717, 1.165) is 0 Å². The van der Waals surface area contributed by atoms with Crippen LogP contribution in [-0.4, -0.2) is 77.7 Å². The fourth-order valence-electron chi connectivity index (χ4n) is 2.82. The minimum atomic E-state index is -1.55. The van der Waals surface area contributed by atoms with Crippen LogP contribution in [0.25, 0.3) is 0 Å². The molecule has 0 bridgehead atoms.